The Labute approximate surface area is 133 Å². The van der Waals surface area contributed by atoms with Gasteiger partial charge < -0.3 is 10.3 Å². The summed E-state index contributed by atoms with van der Waals surface area (Å²) < 4.78 is 11.7. The lowest BCUT2D eigenvalue weighted by molar-refractivity contribution is 0.576. The minimum atomic E-state index is -0.842. The molecule has 0 spiro atoms. The van der Waals surface area contributed by atoms with Gasteiger partial charge in [-0.25, -0.2) is 0 Å². The topological polar surface area (TPSA) is 44.9 Å². The van der Waals surface area contributed by atoms with Gasteiger partial charge in [0.15, 0.2) is 0 Å². The summed E-state index contributed by atoms with van der Waals surface area (Å²) in [4.78, 5) is 3.24. The van der Waals surface area contributed by atoms with Crippen molar-refractivity contribution in [1.82, 2.24) is 10.3 Å². The molecule has 0 saturated heterocycles. The van der Waals surface area contributed by atoms with Crippen molar-refractivity contribution in [2.45, 2.75) is 12.6 Å². The first-order chi connectivity index (χ1) is 10.7. The average molecular weight is 312 g/mol. The van der Waals surface area contributed by atoms with Crippen LogP contribution in [-0.2, 0) is 17.3 Å². The van der Waals surface area contributed by atoms with E-state index >= 15 is 0 Å². The smallest absolute Gasteiger partial charge is 0.0457 e. The molecule has 2 aromatic carbocycles. The van der Waals surface area contributed by atoms with E-state index in [4.69, 9.17) is 0 Å². The van der Waals surface area contributed by atoms with Crippen LogP contribution >= 0.6 is 0 Å². The minimum absolute atomic E-state index is 0.0984. The third-order valence-electron chi connectivity index (χ3n) is 3.83. The van der Waals surface area contributed by atoms with Crippen molar-refractivity contribution in [3.05, 3.63) is 71.9 Å². The molecule has 1 aromatic heterocycles. The van der Waals surface area contributed by atoms with E-state index in [0.717, 1.165) is 12.1 Å². The van der Waals surface area contributed by atoms with E-state index in [-0.39, 0.29) is 6.04 Å². The minimum Gasteiger partial charge on any atom is -0.361 e. The summed E-state index contributed by atoms with van der Waals surface area (Å²) in [6.07, 6.45) is 3.72. The highest BCUT2D eigenvalue weighted by molar-refractivity contribution is 7.84. The highest BCUT2D eigenvalue weighted by Gasteiger charge is 2.13. The molecule has 3 nitrogen and oxygen atoms in total. The van der Waals surface area contributed by atoms with Gasteiger partial charge in [0.25, 0.3) is 0 Å². The number of hydrogen-bond donors (Lipinski definition) is 2. The van der Waals surface area contributed by atoms with E-state index in [0.29, 0.717) is 5.75 Å². The monoisotopic (exact) mass is 312 g/mol. The van der Waals surface area contributed by atoms with Crippen molar-refractivity contribution >= 4 is 21.7 Å². The zero-order valence-electron chi connectivity index (χ0n) is 12.6. The number of nitrogens with one attached hydrogen (secondary N) is 2. The van der Waals surface area contributed by atoms with Crippen LogP contribution in [0.5, 0.6) is 0 Å². The third-order valence-corrected chi connectivity index (χ3v) is 4.63. The highest BCUT2D eigenvalue weighted by Crippen LogP contribution is 2.19. The Morgan fingerprint density at radius 3 is 2.68 bits per heavy atom. The number of aromatic amines is 1. The Hall–Kier alpha value is -1.91. The van der Waals surface area contributed by atoms with Gasteiger partial charge in [-0.15, -0.1) is 0 Å². The lowest BCUT2D eigenvalue weighted by Gasteiger charge is -2.18. The molecule has 0 aliphatic rings. The molecule has 0 amide bonds. The molecule has 3 rings (SSSR count). The highest BCUT2D eigenvalue weighted by atomic mass is 32.2. The Morgan fingerprint density at radius 1 is 1.09 bits per heavy atom. The molecule has 0 aliphatic carbocycles. The quantitative estimate of drug-likeness (QED) is 0.733. The second kappa shape index (κ2) is 6.90. The van der Waals surface area contributed by atoms with E-state index in [2.05, 4.69) is 46.7 Å². The number of aromatic nitrogens is 1. The first kappa shape index (κ1) is 15.0. The summed E-state index contributed by atoms with van der Waals surface area (Å²) in [6.45, 7) is 0.756. The first-order valence-electron chi connectivity index (χ1n) is 7.37. The molecule has 4 heteroatoms. The molecule has 22 heavy (non-hydrogen) atoms. The number of hydrogen-bond acceptors (Lipinski definition) is 2. The first-order valence-corrected chi connectivity index (χ1v) is 9.10. The van der Waals surface area contributed by atoms with Gasteiger partial charge in [-0.3, -0.25) is 4.21 Å². The third kappa shape index (κ3) is 3.46. The van der Waals surface area contributed by atoms with Crippen molar-refractivity contribution in [3.8, 4) is 0 Å². The van der Waals surface area contributed by atoms with E-state index in [9.17, 15) is 4.21 Å². The lowest BCUT2D eigenvalue weighted by atomic mass is 10.1. The van der Waals surface area contributed by atoms with Gasteiger partial charge in [-0.05, 0) is 23.3 Å². The van der Waals surface area contributed by atoms with Gasteiger partial charge in [0, 0.05) is 52.5 Å². The number of fused-ring (bicyclic) bond motifs is 1. The molecule has 0 bridgehead atoms. The van der Waals surface area contributed by atoms with Crippen LogP contribution in [0.4, 0.5) is 0 Å². The number of rotatable bonds is 6. The average Bonchev–Trinajstić information content (AvgIpc) is 3.01. The van der Waals surface area contributed by atoms with Gasteiger partial charge in [-0.2, -0.15) is 0 Å². The van der Waals surface area contributed by atoms with Gasteiger partial charge >= 0.3 is 0 Å². The Morgan fingerprint density at radius 2 is 1.91 bits per heavy atom. The fourth-order valence-electron chi connectivity index (χ4n) is 2.73. The largest absolute Gasteiger partial charge is 0.361 e. The van der Waals surface area contributed by atoms with Crippen molar-refractivity contribution in [1.29, 1.82) is 0 Å². The number of H-pyrrole nitrogens is 1. The Kier molecular flexibility index (Phi) is 4.71. The van der Waals surface area contributed by atoms with Gasteiger partial charge in [0.1, 0.15) is 0 Å². The fourth-order valence-corrected chi connectivity index (χ4v) is 3.51. The molecule has 114 valence electrons. The molecule has 3 aromatic rings. The summed E-state index contributed by atoms with van der Waals surface area (Å²) in [5.41, 5.74) is 3.58. The predicted molar refractivity (Wildman–Crippen MR) is 93.3 cm³/mol. The molecule has 0 fully saturated rings. The maximum atomic E-state index is 11.7. The number of benzene rings is 2. The standard InChI is InChI=1S/C18H20N2OS/c1-22(21)13-18(14-6-3-2-4-7-14)20-12-15-8-5-9-17-16(15)10-11-19-17/h2-11,18-20H,12-13H2,1H3. The predicted octanol–water partition coefficient (Wildman–Crippen LogP) is 3.38. The summed E-state index contributed by atoms with van der Waals surface area (Å²) in [7, 11) is -0.842. The van der Waals surface area contributed by atoms with Crippen LogP contribution in [0.1, 0.15) is 17.2 Å². The zero-order valence-corrected chi connectivity index (χ0v) is 13.4. The summed E-state index contributed by atoms with van der Waals surface area (Å²) in [6, 6.07) is 18.7. The SMILES string of the molecule is CS(=O)CC(NCc1cccc2[nH]ccc12)c1ccccc1. The second-order valence-corrected chi connectivity index (χ2v) is 6.92. The van der Waals surface area contributed by atoms with Gasteiger partial charge in [-0.1, -0.05) is 42.5 Å². The zero-order chi connectivity index (χ0) is 15.4. The van der Waals surface area contributed by atoms with Crippen molar-refractivity contribution in [2.75, 3.05) is 12.0 Å². The molecule has 2 N–H and O–H groups in total. The van der Waals surface area contributed by atoms with Crippen LogP contribution < -0.4 is 5.32 Å². The second-order valence-electron chi connectivity index (χ2n) is 5.44. The van der Waals surface area contributed by atoms with Crippen LogP contribution in [0, 0.1) is 0 Å². The van der Waals surface area contributed by atoms with E-state index in [1.807, 2.05) is 24.4 Å². The maximum absolute atomic E-state index is 11.7. The Balaban J connectivity index is 1.79. The molecular weight excluding hydrogens is 292 g/mol. The molecular formula is C18H20N2OS. The van der Waals surface area contributed by atoms with Crippen LogP contribution in [0.2, 0.25) is 0 Å². The molecule has 0 saturated carbocycles. The van der Waals surface area contributed by atoms with Crippen LogP contribution in [0.15, 0.2) is 60.8 Å². The summed E-state index contributed by atoms with van der Waals surface area (Å²) >= 11 is 0. The Bertz CT molecular complexity index is 767. The molecule has 2 unspecified atom stereocenters. The van der Waals surface area contributed by atoms with Crippen molar-refractivity contribution < 1.29 is 4.21 Å². The van der Waals surface area contributed by atoms with Crippen LogP contribution in [0.3, 0.4) is 0 Å². The molecule has 0 aliphatic heterocycles. The van der Waals surface area contributed by atoms with Crippen LogP contribution in [-0.4, -0.2) is 21.2 Å². The lowest BCUT2D eigenvalue weighted by Crippen LogP contribution is -2.25. The van der Waals surface area contributed by atoms with Gasteiger partial charge in [0.2, 0.25) is 0 Å². The fraction of sp³-hybridized carbons (Fsp3) is 0.222. The van der Waals surface area contributed by atoms with Crippen LogP contribution in [0.25, 0.3) is 10.9 Å². The maximum Gasteiger partial charge on any atom is 0.0457 e. The van der Waals surface area contributed by atoms with E-state index < -0.39 is 10.8 Å². The molecule has 2 atom stereocenters. The van der Waals surface area contributed by atoms with E-state index in [1.54, 1.807) is 6.26 Å². The molecule has 1 heterocycles. The van der Waals surface area contributed by atoms with Crippen molar-refractivity contribution in [3.63, 3.8) is 0 Å². The normalized spacial score (nSPS) is 14.0. The van der Waals surface area contributed by atoms with Crippen molar-refractivity contribution in [2.24, 2.45) is 0 Å². The summed E-state index contributed by atoms with van der Waals surface area (Å²) in [5, 5.41) is 4.79. The van der Waals surface area contributed by atoms with Gasteiger partial charge in [0.05, 0.1) is 0 Å². The molecule has 0 radical (unpaired) electrons. The summed E-state index contributed by atoms with van der Waals surface area (Å²) in [5.74, 6) is 0.618. The van der Waals surface area contributed by atoms with E-state index in [1.165, 1.54) is 16.5 Å².